The van der Waals surface area contributed by atoms with E-state index in [0.717, 1.165) is 48.0 Å². The lowest BCUT2D eigenvalue weighted by molar-refractivity contribution is 0.353. The molecule has 2 heterocycles. The molecule has 0 amide bonds. The molecule has 0 radical (unpaired) electrons. The zero-order valence-electron chi connectivity index (χ0n) is 18.7. The molecule has 0 saturated heterocycles. The first kappa shape index (κ1) is 22.4. The Bertz CT molecular complexity index is 1040. The minimum atomic E-state index is 0.575. The van der Waals surface area contributed by atoms with Gasteiger partial charge in [-0.15, -0.1) is 0 Å². The van der Waals surface area contributed by atoms with Gasteiger partial charge in [0.2, 0.25) is 0 Å². The van der Waals surface area contributed by atoms with E-state index in [-0.39, 0.29) is 0 Å². The molecule has 1 aliphatic carbocycles. The van der Waals surface area contributed by atoms with E-state index in [9.17, 15) is 0 Å². The Morgan fingerprint density at radius 2 is 1.94 bits per heavy atom. The van der Waals surface area contributed by atoms with Crippen LogP contribution in [0.4, 0.5) is 5.82 Å². The minimum absolute atomic E-state index is 0.575. The van der Waals surface area contributed by atoms with Crippen LogP contribution >= 0.6 is 23.2 Å². The Kier molecular flexibility index (Phi) is 7.08. The van der Waals surface area contributed by atoms with E-state index in [0.29, 0.717) is 16.0 Å². The van der Waals surface area contributed by atoms with Gasteiger partial charge in [-0.05, 0) is 49.3 Å². The van der Waals surface area contributed by atoms with E-state index < -0.39 is 0 Å². The van der Waals surface area contributed by atoms with Crippen LogP contribution in [-0.2, 0) is 6.42 Å². The average molecular weight is 459 g/mol. The maximum atomic E-state index is 6.53. The predicted octanol–water partition coefficient (Wildman–Crippen LogP) is 7.31. The SMILES string of the molecule is CCc1nc2c(-c3ccc(Cl)cc3Cl)nccn2c1N(CC(C)C)CC1CCCCC1. The van der Waals surface area contributed by atoms with Crippen molar-refractivity contribution in [3.8, 4) is 11.3 Å². The number of hydrogen-bond donors (Lipinski definition) is 0. The molecule has 1 aliphatic rings. The van der Waals surface area contributed by atoms with Crippen LogP contribution < -0.4 is 4.90 Å². The number of aromatic nitrogens is 3. The number of imidazole rings is 1. The van der Waals surface area contributed by atoms with Gasteiger partial charge in [0.05, 0.1) is 10.7 Å². The summed E-state index contributed by atoms with van der Waals surface area (Å²) in [6.07, 6.45) is 11.5. The molecule has 1 fully saturated rings. The van der Waals surface area contributed by atoms with Crippen LogP contribution in [0.1, 0.15) is 58.6 Å². The topological polar surface area (TPSA) is 33.4 Å². The second kappa shape index (κ2) is 9.79. The van der Waals surface area contributed by atoms with Crippen LogP contribution in [0, 0.1) is 11.8 Å². The summed E-state index contributed by atoms with van der Waals surface area (Å²) in [5, 5.41) is 1.21. The summed E-state index contributed by atoms with van der Waals surface area (Å²) in [7, 11) is 0. The lowest BCUT2D eigenvalue weighted by Gasteiger charge is -2.32. The van der Waals surface area contributed by atoms with E-state index in [1.54, 1.807) is 6.07 Å². The lowest BCUT2D eigenvalue weighted by atomic mass is 9.88. The summed E-state index contributed by atoms with van der Waals surface area (Å²) in [4.78, 5) is 12.3. The number of rotatable bonds is 7. The van der Waals surface area contributed by atoms with Crippen molar-refractivity contribution in [1.29, 1.82) is 0 Å². The quantitative estimate of drug-likeness (QED) is 0.372. The first-order chi connectivity index (χ1) is 15.0. The van der Waals surface area contributed by atoms with Crippen LogP contribution in [0.5, 0.6) is 0 Å². The molecule has 31 heavy (non-hydrogen) atoms. The van der Waals surface area contributed by atoms with Crippen LogP contribution in [0.3, 0.4) is 0 Å². The average Bonchev–Trinajstić information content (AvgIpc) is 3.13. The normalized spacial score (nSPS) is 15.2. The van der Waals surface area contributed by atoms with E-state index in [1.807, 2.05) is 24.5 Å². The number of aryl methyl sites for hydroxylation is 1. The van der Waals surface area contributed by atoms with Crippen molar-refractivity contribution < 1.29 is 0 Å². The van der Waals surface area contributed by atoms with Crippen LogP contribution in [0.2, 0.25) is 10.0 Å². The fourth-order valence-electron chi connectivity index (χ4n) is 4.82. The summed E-state index contributed by atoms with van der Waals surface area (Å²) >= 11 is 12.7. The van der Waals surface area contributed by atoms with Gasteiger partial charge in [0, 0.05) is 36.1 Å². The summed E-state index contributed by atoms with van der Waals surface area (Å²) in [5.41, 5.74) is 3.64. The fraction of sp³-hybridized carbons (Fsp3) is 0.520. The largest absolute Gasteiger partial charge is 0.356 e. The Labute approximate surface area is 195 Å². The Morgan fingerprint density at radius 1 is 1.16 bits per heavy atom. The van der Waals surface area contributed by atoms with Crippen molar-refractivity contribution in [2.75, 3.05) is 18.0 Å². The van der Waals surface area contributed by atoms with E-state index >= 15 is 0 Å². The number of fused-ring (bicyclic) bond motifs is 1. The zero-order valence-corrected chi connectivity index (χ0v) is 20.3. The highest BCUT2D eigenvalue weighted by Crippen LogP contribution is 2.35. The first-order valence-electron chi connectivity index (χ1n) is 11.5. The van der Waals surface area contributed by atoms with Gasteiger partial charge in [0.15, 0.2) is 5.65 Å². The van der Waals surface area contributed by atoms with Gasteiger partial charge in [-0.3, -0.25) is 9.38 Å². The summed E-state index contributed by atoms with van der Waals surface area (Å²) in [5.74, 6) is 2.55. The molecule has 1 saturated carbocycles. The molecule has 6 heteroatoms. The zero-order chi connectivity index (χ0) is 22.0. The Morgan fingerprint density at radius 3 is 2.61 bits per heavy atom. The molecule has 4 rings (SSSR count). The minimum Gasteiger partial charge on any atom is -0.356 e. The van der Waals surface area contributed by atoms with Crippen LogP contribution in [0.25, 0.3) is 16.9 Å². The molecule has 0 unspecified atom stereocenters. The molecular weight excluding hydrogens is 427 g/mol. The molecule has 0 spiro atoms. The van der Waals surface area contributed by atoms with Crippen molar-refractivity contribution in [3.63, 3.8) is 0 Å². The summed E-state index contributed by atoms with van der Waals surface area (Å²) in [6, 6.07) is 5.55. The Balaban J connectivity index is 1.82. The molecule has 0 bridgehead atoms. The monoisotopic (exact) mass is 458 g/mol. The molecule has 0 aliphatic heterocycles. The van der Waals surface area contributed by atoms with Gasteiger partial charge in [-0.2, -0.15) is 0 Å². The van der Waals surface area contributed by atoms with Gasteiger partial charge in [0.1, 0.15) is 11.5 Å². The van der Waals surface area contributed by atoms with Crippen molar-refractivity contribution >= 4 is 34.7 Å². The van der Waals surface area contributed by atoms with Crippen molar-refractivity contribution in [2.45, 2.75) is 59.3 Å². The molecule has 0 atom stereocenters. The highest BCUT2D eigenvalue weighted by Gasteiger charge is 2.25. The highest BCUT2D eigenvalue weighted by atomic mass is 35.5. The van der Waals surface area contributed by atoms with E-state index in [4.69, 9.17) is 28.2 Å². The molecule has 166 valence electrons. The molecule has 4 nitrogen and oxygen atoms in total. The second-order valence-corrected chi connectivity index (χ2v) is 9.98. The van der Waals surface area contributed by atoms with E-state index in [1.165, 1.54) is 37.9 Å². The van der Waals surface area contributed by atoms with Crippen molar-refractivity contribution in [2.24, 2.45) is 11.8 Å². The van der Waals surface area contributed by atoms with Crippen molar-refractivity contribution in [1.82, 2.24) is 14.4 Å². The van der Waals surface area contributed by atoms with Gasteiger partial charge in [0.25, 0.3) is 0 Å². The molecule has 0 N–H and O–H groups in total. The maximum Gasteiger partial charge on any atom is 0.165 e. The Hall–Kier alpha value is -1.78. The fourth-order valence-corrected chi connectivity index (χ4v) is 5.32. The maximum absolute atomic E-state index is 6.53. The standard InChI is InChI=1S/C25H32Cl2N4/c1-4-22-25(30(15-17(2)3)16-18-8-6-5-7-9-18)31-13-12-28-23(24(31)29-22)20-11-10-19(26)14-21(20)27/h10-14,17-18H,4-9,15-16H2,1-3H3. The summed E-state index contributed by atoms with van der Waals surface area (Å²) < 4.78 is 2.22. The summed E-state index contributed by atoms with van der Waals surface area (Å²) in [6.45, 7) is 8.89. The molecule has 2 aromatic heterocycles. The number of nitrogens with zero attached hydrogens (tertiary/aromatic N) is 4. The third-order valence-corrected chi connectivity index (χ3v) is 6.74. The predicted molar refractivity (Wildman–Crippen MR) is 131 cm³/mol. The molecule has 3 aromatic rings. The smallest absolute Gasteiger partial charge is 0.165 e. The van der Waals surface area contributed by atoms with Crippen LogP contribution in [-0.4, -0.2) is 27.5 Å². The van der Waals surface area contributed by atoms with Crippen LogP contribution in [0.15, 0.2) is 30.6 Å². The lowest BCUT2D eigenvalue weighted by Crippen LogP contribution is -2.35. The second-order valence-electron chi connectivity index (χ2n) is 9.13. The number of anilines is 1. The van der Waals surface area contributed by atoms with E-state index in [2.05, 4.69) is 35.1 Å². The number of halogens is 2. The van der Waals surface area contributed by atoms with Gasteiger partial charge >= 0.3 is 0 Å². The van der Waals surface area contributed by atoms with Gasteiger partial charge in [-0.1, -0.05) is 63.2 Å². The van der Waals surface area contributed by atoms with Crippen molar-refractivity contribution in [3.05, 3.63) is 46.3 Å². The van der Waals surface area contributed by atoms with Gasteiger partial charge < -0.3 is 4.90 Å². The molecular formula is C25H32Cl2N4. The highest BCUT2D eigenvalue weighted by molar-refractivity contribution is 6.36. The third kappa shape index (κ3) is 4.85. The van der Waals surface area contributed by atoms with Gasteiger partial charge in [-0.25, -0.2) is 4.98 Å². The number of hydrogen-bond acceptors (Lipinski definition) is 3. The molecule has 1 aromatic carbocycles. The first-order valence-corrected chi connectivity index (χ1v) is 12.3. The number of benzene rings is 1. The third-order valence-electron chi connectivity index (χ3n) is 6.20.